The molecular formula is C12H22N4O2. The zero-order valence-corrected chi connectivity index (χ0v) is 10.9. The number of carbonyl (C=O) groups excluding carboxylic acids is 2. The summed E-state index contributed by atoms with van der Waals surface area (Å²) in [5.41, 5.74) is 5.51. The maximum absolute atomic E-state index is 11.7. The molecule has 0 saturated carbocycles. The first-order valence-corrected chi connectivity index (χ1v) is 6.63. The van der Waals surface area contributed by atoms with Crippen LogP contribution in [-0.4, -0.2) is 66.4 Å². The molecule has 0 aromatic rings. The van der Waals surface area contributed by atoms with Crippen LogP contribution in [0.2, 0.25) is 0 Å². The number of hydrogen-bond acceptors (Lipinski definition) is 5. The van der Waals surface area contributed by atoms with Gasteiger partial charge in [0, 0.05) is 25.7 Å². The van der Waals surface area contributed by atoms with Crippen LogP contribution in [0.15, 0.2) is 0 Å². The molecule has 102 valence electrons. The van der Waals surface area contributed by atoms with Crippen molar-refractivity contribution in [2.45, 2.75) is 31.8 Å². The normalized spacial score (nSPS) is 30.8. The first kappa shape index (κ1) is 13.5. The van der Waals surface area contributed by atoms with Crippen LogP contribution in [0.4, 0.5) is 0 Å². The molecule has 2 heterocycles. The summed E-state index contributed by atoms with van der Waals surface area (Å²) in [6, 6.07) is 0.0438. The Hall–Kier alpha value is -0.980. The van der Waals surface area contributed by atoms with Gasteiger partial charge in [0.2, 0.25) is 11.8 Å². The van der Waals surface area contributed by atoms with E-state index in [0.717, 1.165) is 32.6 Å². The minimum absolute atomic E-state index is 0.137. The third-order valence-corrected chi connectivity index (χ3v) is 3.79. The molecule has 0 aromatic carbocycles. The van der Waals surface area contributed by atoms with Crippen LogP contribution in [0.25, 0.3) is 0 Å². The molecule has 6 nitrogen and oxygen atoms in total. The molecule has 3 N–H and O–H groups in total. The van der Waals surface area contributed by atoms with Gasteiger partial charge in [-0.2, -0.15) is 0 Å². The summed E-state index contributed by atoms with van der Waals surface area (Å²) < 4.78 is 0. The third kappa shape index (κ3) is 2.88. The van der Waals surface area contributed by atoms with Crippen LogP contribution in [0.1, 0.15) is 19.8 Å². The molecule has 2 fully saturated rings. The Morgan fingerprint density at radius 2 is 2.17 bits per heavy atom. The van der Waals surface area contributed by atoms with Crippen LogP contribution in [-0.2, 0) is 9.59 Å². The summed E-state index contributed by atoms with van der Waals surface area (Å²) in [7, 11) is 0. The standard InChI is InChI=1S/C12H22N4O2/c1-9-8-15(4-2-3-13)5-6-16(9)10-7-11(17)14-12(10)18/h9-10H,2-8,13H2,1H3,(H,14,17,18). The van der Waals surface area contributed by atoms with Crippen molar-refractivity contribution in [1.29, 1.82) is 0 Å². The highest BCUT2D eigenvalue weighted by Crippen LogP contribution is 2.18. The summed E-state index contributed by atoms with van der Waals surface area (Å²) in [6.07, 6.45) is 1.32. The van der Waals surface area contributed by atoms with Gasteiger partial charge < -0.3 is 10.6 Å². The number of nitrogens with one attached hydrogen (secondary N) is 1. The van der Waals surface area contributed by atoms with Gasteiger partial charge >= 0.3 is 0 Å². The maximum Gasteiger partial charge on any atom is 0.244 e. The lowest BCUT2D eigenvalue weighted by atomic mass is 10.1. The Bertz CT molecular complexity index is 334. The smallest absolute Gasteiger partial charge is 0.244 e. The van der Waals surface area contributed by atoms with Gasteiger partial charge in [0.1, 0.15) is 0 Å². The fourth-order valence-electron chi connectivity index (χ4n) is 2.84. The zero-order valence-electron chi connectivity index (χ0n) is 10.9. The van der Waals surface area contributed by atoms with E-state index in [9.17, 15) is 9.59 Å². The van der Waals surface area contributed by atoms with Crippen molar-refractivity contribution in [1.82, 2.24) is 15.1 Å². The van der Waals surface area contributed by atoms with E-state index in [1.165, 1.54) is 0 Å². The first-order chi connectivity index (χ1) is 8.61. The predicted molar refractivity (Wildman–Crippen MR) is 67.8 cm³/mol. The van der Waals surface area contributed by atoms with E-state index in [4.69, 9.17) is 5.73 Å². The van der Waals surface area contributed by atoms with Crippen LogP contribution >= 0.6 is 0 Å². The molecule has 2 saturated heterocycles. The number of rotatable bonds is 4. The largest absolute Gasteiger partial charge is 0.330 e. The molecule has 0 spiro atoms. The van der Waals surface area contributed by atoms with E-state index >= 15 is 0 Å². The summed E-state index contributed by atoms with van der Waals surface area (Å²) in [6.45, 7) is 6.58. The van der Waals surface area contributed by atoms with E-state index in [1.54, 1.807) is 0 Å². The monoisotopic (exact) mass is 254 g/mol. The van der Waals surface area contributed by atoms with Gasteiger partial charge in [0.05, 0.1) is 12.5 Å². The molecular weight excluding hydrogens is 232 g/mol. The van der Waals surface area contributed by atoms with Crippen molar-refractivity contribution < 1.29 is 9.59 Å². The highest BCUT2D eigenvalue weighted by atomic mass is 16.2. The molecule has 2 amide bonds. The fraction of sp³-hybridized carbons (Fsp3) is 0.833. The van der Waals surface area contributed by atoms with Crippen molar-refractivity contribution in [2.24, 2.45) is 5.73 Å². The summed E-state index contributed by atoms with van der Waals surface area (Å²) >= 11 is 0. The van der Waals surface area contributed by atoms with E-state index in [0.29, 0.717) is 19.0 Å². The highest BCUT2D eigenvalue weighted by Gasteiger charge is 2.39. The average Bonchev–Trinajstić information content (AvgIpc) is 2.66. The SMILES string of the molecule is CC1CN(CCCN)CCN1C1CC(=O)NC1=O. The lowest BCUT2D eigenvalue weighted by Gasteiger charge is -2.41. The van der Waals surface area contributed by atoms with Gasteiger partial charge in [-0.25, -0.2) is 0 Å². The third-order valence-electron chi connectivity index (χ3n) is 3.79. The number of nitrogens with two attached hydrogens (primary N) is 1. The van der Waals surface area contributed by atoms with Gasteiger partial charge in [0.25, 0.3) is 0 Å². The molecule has 2 atom stereocenters. The topological polar surface area (TPSA) is 78.7 Å². The Morgan fingerprint density at radius 3 is 2.72 bits per heavy atom. The lowest BCUT2D eigenvalue weighted by Crippen LogP contribution is -2.57. The Balaban J connectivity index is 1.89. The molecule has 6 heteroatoms. The zero-order chi connectivity index (χ0) is 13.1. The second-order valence-electron chi connectivity index (χ2n) is 5.16. The van der Waals surface area contributed by atoms with Crippen molar-refractivity contribution in [3.05, 3.63) is 0 Å². The first-order valence-electron chi connectivity index (χ1n) is 6.63. The Labute approximate surface area is 107 Å². The molecule has 2 unspecified atom stereocenters. The van der Waals surface area contributed by atoms with E-state index in [1.807, 2.05) is 0 Å². The average molecular weight is 254 g/mol. The predicted octanol–water partition coefficient (Wildman–Crippen LogP) is -1.24. The summed E-state index contributed by atoms with van der Waals surface area (Å²) in [5, 5.41) is 2.38. The van der Waals surface area contributed by atoms with Crippen molar-refractivity contribution in [3.63, 3.8) is 0 Å². The molecule has 2 aliphatic rings. The summed E-state index contributed by atoms with van der Waals surface area (Å²) in [5.74, 6) is -0.287. The van der Waals surface area contributed by atoms with E-state index < -0.39 is 0 Å². The quantitative estimate of drug-likeness (QED) is 0.613. The van der Waals surface area contributed by atoms with Crippen LogP contribution in [0.3, 0.4) is 0 Å². The fourth-order valence-corrected chi connectivity index (χ4v) is 2.84. The number of hydrogen-bond donors (Lipinski definition) is 2. The number of imide groups is 1. The van der Waals surface area contributed by atoms with Gasteiger partial charge in [-0.1, -0.05) is 0 Å². The van der Waals surface area contributed by atoms with Gasteiger partial charge in [-0.15, -0.1) is 0 Å². The second-order valence-corrected chi connectivity index (χ2v) is 5.16. The lowest BCUT2D eigenvalue weighted by molar-refractivity contribution is -0.127. The number of nitrogens with zero attached hydrogens (tertiary/aromatic N) is 2. The maximum atomic E-state index is 11.7. The highest BCUT2D eigenvalue weighted by molar-refractivity contribution is 6.05. The summed E-state index contributed by atoms with van der Waals surface area (Å²) in [4.78, 5) is 27.4. The Morgan fingerprint density at radius 1 is 1.39 bits per heavy atom. The van der Waals surface area contributed by atoms with E-state index in [2.05, 4.69) is 22.0 Å². The van der Waals surface area contributed by atoms with Crippen LogP contribution in [0.5, 0.6) is 0 Å². The molecule has 0 aromatic heterocycles. The van der Waals surface area contributed by atoms with E-state index in [-0.39, 0.29) is 17.9 Å². The molecule has 18 heavy (non-hydrogen) atoms. The minimum atomic E-state index is -0.260. The van der Waals surface area contributed by atoms with Gasteiger partial charge in [-0.05, 0) is 26.4 Å². The Kier molecular flexibility index (Phi) is 4.31. The van der Waals surface area contributed by atoms with Crippen LogP contribution < -0.4 is 11.1 Å². The molecule has 0 aliphatic carbocycles. The van der Waals surface area contributed by atoms with Crippen molar-refractivity contribution >= 4 is 11.8 Å². The molecule has 0 bridgehead atoms. The molecule has 2 rings (SSSR count). The van der Waals surface area contributed by atoms with Crippen molar-refractivity contribution in [2.75, 3.05) is 32.7 Å². The van der Waals surface area contributed by atoms with Crippen LogP contribution in [0, 0.1) is 0 Å². The number of piperazine rings is 1. The van der Waals surface area contributed by atoms with Crippen molar-refractivity contribution in [3.8, 4) is 0 Å². The van der Waals surface area contributed by atoms with Gasteiger partial charge in [-0.3, -0.25) is 19.8 Å². The molecule has 0 radical (unpaired) electrons. The second kappa shape index (κ2) is 5.77. The molecule has 2 aliphatic heterocycles. The number of carbonyl (C=O) groups is 2. The minimum Gasteiger partial charge on any atom is -0.330 e. The van der Waals surface area contributed by atoms with Gasteiger partial charge in [0.15, 0.2) is 0 Å². The number of amides is 2.